The lowest BCUT2D eigenvalue weighted by Crippen LogP contribution is -2.34. The summed E-state index contributed by atoms with van der Waals surface area (Å²) in [6.07, 6.45) is -0.537. The van der Waals surface area contributed by atoms with Crippen molar-refractivity contribution in [2.45, 2.75) is 13.0 Å². The zero-order valence-electron chi connectivity index (χ0n) is 13.5. The van der Waals surface area contributed by atoms with Gasteiger partial charge in [-0.3, -0.25) is 9.59 Å². The van der Waals surface area contributed by atoms with Gasteiger partial charge >= 0.3 is 0 Å². The quantitative estimate of drug-likeness (QED) is 0.795. The number of benzene rings is 2. The summed E-state index contributed by atoms with van der Waals surface area (Å²) in [4.78, 5) is 23.7. The van der Waals surface area contributed by atoms with Gasteiger partial charge in [-0.2, -0.15) is 5.26 Å². The Morgan fingerprint density at radius 3 is 2.68 bits per heavy atom. The van der Waals surface area contributed by atoms with Crippen LogP contribution in [0.25, 0.3) is 0 Å². The number of carbonyl (C=O) groups is 2. The van der Waals surface area contributed by atoms with E-state index in [1.54, 1.807) is 49.4 Å². The lowest BCUT2D eigenvalue weighted by molar-refractivity contribution is -0.122. The number of amides is 2. The van der Waals surface area contributed by atoms with Crippen LogP contribution in [0.5, 0.6) is 5.75 Å². The molecule has 7 heteroatoms. The molecule has 0 bridgehead atoms. The number of nitrogens with one attached hydrogen (secondary N) is 3. The van der Waals surface area contributed by atoms with Crippen LogP contribution in [0.4, 0.5) is 17.1 Å². The number of carbonyl (C=O) groups excluding carboxylic acids is 2. The summed E-state index contributed by atoms with van der Waals surface area (Å²) in [5.41, 5.74) is 2.39. The van der Waals surface area contributed by atoms with Gasteiger partial charge in [-0.25, -0.2) is 0 Å². The van der Waals surface area contributed by atoms with Gasteiger partial charge in [0, 0.05) is 11.4 Å². The maximum absolute atomic E-state index is 12.0. The maximum atomic E-state index is 12.0. The predicted octanol–water partition coefficient (Wildman–Crippen LogP) is 2.33. The molecule has 3 N–H and O–H groups in total. The Labute approximate surface area is 144 Å². The topological polar surface area (TPSA) is 103 Å². The zero-order valence-corrected chi connectivity index (χ0v) is 13.5. The third-order valence-corrected chi connectivity index (χ3v) is 3.66. The van der Waals surface area contributed by atoms with Crippen LogP contribution in [-0.2, 0) is 9.59 Å². The summed E-state index contributed by atoms with van der Waals surface area (Å²) in [5, 5.41) is 17.2. The molecule has 2 amide bonds. The van der Waals surface area contributed by atoms with Crippen molar-refractivity contribution < 1.29 is 14.3 Å². The molecule has 126 valence electrons. The van der Waals surface area contributed by atoms with E-state index >= 15 is 0 Å². The highest BCUT2D eigenvalue weighted by molar-refractivity contribution is 5.99. The first kappa shape index (κ1) is 16.3. The van der Waals surface area contributed by atoms with E-state index in [0.29, 0.717) is 22.7 Å². The summed E-state index contributed by atoms with van der Waals surface area (Å²) in [6.45, 7) is 1.74. The molecule has 1 heterocycles. The molecule has 3 rings (SSSR count). The van der Waals surface area contributed by atoms with E-state index in [0.717, 1.165) is 5.69 Å². The lowest BCUT2D eigenvalue weighted by atomic mass is 10.2. The van der Waals surface area contributed by atoms with Gasteiger partial charge in [0.15, 0.2) is 6.10 Å². The van der Waals surface area contributed by atoms with Crippen molar-refractivity contribution in [2.24, 2.45) is 0 Å². The van der Waals surface area contributed by atoms with Crippen molar-refractivity contribution in [3.05, 3.63) is 48.0 Å². The first-order valence-corrected chi connectivity index (χ1v) is 7.70. The highest BCUT2D eigenvalue weighted by Gasteiger charge is 2.23. The fourth-order valence-electron chi connectivity index (χ4n) is 2.34. The van der Waals surface area contributed by atoms with Gasteiger partial charge in [-0.15, -0.1) is 0 Å². The molecular weight excluding hydrogens is 320 g/mol. The summed E-state index contributed by atoms with van der Waals surface area (Å²) in [6, 6.07) is 13.9. The van der Waals surface area contributed by atoms with Crippen LogP contribution in [0.2, 0.25) is 0 Å². The fourth-order valence-corrected chi connectivity index (χ4v) is 2.34. The van der Waals surface area contributed by atoms with E-state index in [1.807, 2.05) is 6.07 Å². The second kappa shape index (κ2) is 6.93. The van der Waals surface area contributed by atoms with Crippen LogP contribution < -0.4 is 20.7 Å². The molecule has 0 aliphatic carbocycles. The van der Waals surface area contributed by atoms with Gasteiger partial charge in [-0.1, -0.05) is 0 Å². The fraction of sp³-hybridized carbons (Fsp3) is 0.167. The molecule has 0 aromatic heterocycles. The summed E-state index contributed by atoms with van der Waals surface area (Å²) >= 11 is 0. The lowest BCUT2D eigenvalue weighted by Gasteiger charge is -2.23. The van der Waals surface area contributed by atoms with E-state index < -0.39 is 6.10 Å². The molecule has 0 saturated carbocycles. The highest BCUT2D eigenvalue weighted by Crippen LogP contribution is 2.32. The van der Waals surface area contributed by atoms with E-state index in [2.05, 4.69) is 16.0 Å². The number of fused-ring (bicyclic) bond motifs is 1. The largest absolute Gasteiger partial charge is 0.479 e. The van der Waals surface area contributed by atoms with Crippen molar-refractivity contribution in [1.82, 2.24) is 0 Å². The molecule has 7 nitrogen and oxygen atoms in total. The van der Waals surface area contributed by atoms with Crippen LogP contribution in [0.1, 0.15) is 12.5 Å². The molecule has 1 atom stereocenters. The first-order chi connectivity index (χ1) is 12.0. The molecular formula is C18H16N4O3. The van der Waals surface area contributed by atoms with Gasteiger partial charge in [0.2, 0.25) is 5.91 Å². The molecule has 2 aromatic carbocycles. The van der Waals surface area contributed by atoms with Crippen LogP contribution in [0.3, 0.4) is 0 Å². The highest BCUT2D eigenvalue weighted by atomic mass is 16.5. The third-order valence-electron chi connectivity index (χ3n) is 3.66. The van der Waals surface area contributed by atoms with E-state index in [9.17, 15) is 9.59 Å². The van der Waals surface area contributed by atoms with Crippen LogP contribution in [0, 0.1) is 11.3 Å². The van der Waals surface area contributed by atoms with Gasteiger partial charge in [-0.05, 0) is 49.4 Å². The summed E-state index contributed by atoms with van der Waals surface area (Å²) in [7, 11) is 0. The number of anilines is 3. The van der Waals surface area contributed by atoms with E-state index in [-0.39, 0.29) is 18.4 Å². The first-order valence-electron chi connectivity index (χ1n) is 7.70. The standard InChI is InChI=1S/C18H16N4O3/c1-11-18(24)22-15-8-14(6-7-16(15)25-11)21-17(23)10-20-13-4-2-12(9-19)3-5-13/h2-8,11,20H,10H2,1H3,(H,21,23)(H,22,24). The van der Waals surface area contributed by atoms with Crippen molar-refractivity contribution in [2.75, 3.05) is 22.5 Å². The Balaban J connectivity index is 1.58. The zero-order chi connectivity index (χ0) is 17.8. The third kappa shape index (κ3) is 3.87. The number of nitrogens with zero attached hydrogens (tertiary/aromatic N) is 1. The number of nitriles is 1. The van der Waals surface area contributed by atoms with E-state index in [4.69, 9.17) is 10.00 Å². The Hall–Kier alpha value is -3.53. The van der Waals surface area contributed by atoms with Gasteiger partial charge < -0.3 is 20.7 Å². The van der Waals surface area contributed by atoms with Gasteiger partial charge in [0.25, 0.3) is 5.91 Å². The predicted molar refractivity (Wildman–Crippen MR) is 93.4 cm³/mol. The Bertz CT molecular complexity index is 856. The van der Waals surface area contributed by atoms with E-state index in [1.165, 1.54) is 0 Å². The molecule has 1 aliphatic heterocycles. The maximum Gasteiger partial charge on any atom is 0.265 e. The molecule has 1 aliphatic rings. The Morgan fingerprint density at radius 2 is 1.96 bits per heavy atom. The average Bonchev–Trinajstić information content (AvgIpc) is 2.61. The van der Waals surface area contributed by atoms with Crippen LogP contribution in [0.15, 0.2) is 42.5 Å². The minimum absolute atomic E-state index is 0.0723. The summed E-state index contributed by atoms with van der Waals surface area (Å²) in [5.74, 6) is 0.111. The van der Waals surface area contributed by atoms with Gasteiger partial charge in [0.05, 0.1) is 23.9 Å². The second-order valence-corrected chi connectivity index (χ2v) is 5.55. The average molecular weight is 336 g/mol. The smallest absolute Gasteiger partial charge is 0.265 e. The normalized spacial score (nSPS) is 15.2. The number of ether oxygens (including phenoxy) is 1. The summed E-state index contributed by atoms with van der Waals surface area (Å²) < 4.78 is 5.47. The van der Waals surface area contributed by atoms with Crippen molar-refractivity contribution in [1.29, 1.82) is 5.26 Å². The molecule has 0 fully saturated rings. The monoisotopic (exact) mass is 336 g/mol. The van der Waals surface area contributed by atoms with Crippen molar-refractivity contribution >= 4 is 28.9 Å². The molecule has 2 aromatic rings. The van der Waals surface area contributed by atoms with Crippen LogP contribution in [-0.4, -0.2) is 24.5 Å². The minimum atomic E-state index is -0.537. The Morgan fingerprint density at radius 1 is 1.24 bits per heavy atom. The minimum Gasteiger partial charge on any atom is -0.479 e. The molecule has 0 saturated heterocycles. The molecule has 1 unspecified atom stereocenters. The Kier molecular flexibility index (Phi) is 4.53. The molecule has 25 heavy (non-hydrogen) atoms. The van der Waals surface area contributed by atoms with Crippen molar-refractivity contribution in [3.8, 4) is 11.8 Å². The van der Waals surface area contributed by atoms with Gasteiger partial charge in [0.1, 0.15) is 5.75 Å². The molecule has 0 radical (unpaired) electrons. The second-order valence-electron chi connectivity index (χ2n) is 5.55. The number of hydrogen-bond acceptors (Lipinski definition) is 5. The van der Waals surface area contributed by atoms with Crippen LogP contribution >= 0.6 is 0 Å². The SMILES string of the molecule is CC1Oc2ccc(NC(=O)CNc3ccc(C#N)cc3)cc2NC1=O. The number of hydrogen-bond donors (Lipinski definition) is 3. The number of rotatable bonds is 4. The molecule has 0 spiro atoms. The van der Waals surface area contributed by atoms with Crippen molar-refractivity contribution in [3.63, 3.8) is 0 Å².